The highest BCUT2D eigenvalue weighted by atomic mass is 32.1. The van der Waals surface area contributed by atoms with Crippen LogP contribution >= 0.6 is 11.3 Å². The largest absolute Gasteiger partial charge is 0.364 e. The number of amides is 1. The van der Waals surface area contributed by atoms with Crippen molar-refractivity contribution in [3.05, 3.63) is 66.0 Å². The first kappa shape index (κ1) is 23.7. The Morgan fingerprint density at radius 1 is 1.18 bits per heavy atom. The molecule has 0 radical (unpaired) electrons. The second-order valence-electron chi connectivity index (χ2n) is 9.33. The van der Waals surface area contributed by atoms with Gasteiger partial charge in [0.2, 0.25) is 16.0 Å². The molecule has 2 aromatic heterocycles. The van der Waals surface area contributed by atoms with E-state index in [0.29, 0.717) is 27.2 Å². The maximum atomic E-state index is 13.9. The number of rotatable bonds is 7. The number of halogens is 1. The molecule has 2 aromatic carbocycles. The van der Waals surface area contributed by atoms with Gasteiger partial charge in [-0.25, -0.2) is 9.37 Å². The van der Waals surface area contributed by atoms with Gasteiger partial charge in [-0.1, -0.05) is 53.8 Å². The number of hydrogen-bond acceptors (Lipinski definition) is 6. The van der Waals surface area contributed by atoms with Gasteiger partial charge < -0.3 is 15.5 Å². The number of anilines is 2. The van der Waals surface area contributed by atoms with Gasteiger partial charge in [-0.3, -0.25) is 4.79 Å². The number of benzene rings is 2. The van der Waals surface area contributed by atoms with Crippen molar-refractivity contribution < 1.29 is 9.18 Å². The Balaban J connectivity index is 1.57. The van der Waals surface area contributed by atoms with Crippen molar-refractivity contribution in [2.24, 2.45) is 0 Å². The molecule has 0 aliphatic rings. The summed E-state index contributed by atoms with van der Waals surface area (Å²) in [5.74, 6) is 0.269. The van der Waals surface area contributed by atoms with Gasteiger partial charge in [0.05, 0.1) is 12.6 Å². The molecule has 0 saturated carbocycles. The maximum absolute atomic E-state index is 13.9. The molecule has 1 unspecified atom stereocenters. The lowest BCUT2D eigenvalue weighted by Crippen LogP contribution is -2.36. The van der Waals surface area contributed by atoms with Crippen LogP contribution in [0.25, 0.3) is 16.2 Å². The maximum Gasteiger partial charge on any atom is 0.240 e. The zero-order chi connectivity index (χ0) is 24.5. The van der Waals surface area contributed by atoms with Gasteiger partial charge in [-0.2, -0.15) is 4.52 Å². The SMILES string of the molecule is CC(NC(=O)CN(C)c1nn2c(NC(C)(C)C)c(-c3cccc(F)c3)nc2s1)c1ccccc1. The Hall–Kier alpha value is -3.46. The first-order valence-corrected chi connectivity index (χ1v) is 11.9. The summed E-state index contributed by atoms with van der Waals surface area (Å²) in [4.78, 5) is 19.8. The van der Waals surface area contributed by atoms with Crippen molar-refractivity contribution in [3.8, 4) is 11.3 Å². The summed E-state index contributed by atoms with van der Waals surface area (Å²) < 4.78 is 15.6. The Kier molecular flexibility index (Phi) is 6.56. The Bertz CT molecular complexity index is 1290. The topological polar surface area (TPSA) is 74.6 Å². The average Bonchev–Trinajstić information content (AvgIpc) is 3.33. The van der Waals surface area contributed by atoms with Gasteiger partial charge in [-0.15, -0.1) is 5.10 Å². The van der Waals surface area contributed by atoms with E-state index < -0.39 is 0 Å². The van der Waals surface area contributed by atoms with Crippen LogP contribution < -0.4 is 15.5 Å². The van der Waals surface area contributed by atoms with E-state index in [1.807, 2.05) is 71.1 Å². The highest BCUT2D eigenvalue weighted by molar-refractivity contribution is 7.20. The standard InChI is InChI=1S/C25H29FN6OS/c1-16(17-10-7-6-8-11-17)27-20(33)15-31(5)24-30-32-22(29-25(2,3)4)21(28-23(32)34-24)18-12-9-13-19(26)14-18/h6-14,16,29H,15H2,1-5H3,(H,27,33). The van der Waals surface area contributed by atoms with Crippen LogP contribution in [-0.4, -0.2) is 39.6 Å². The van der Waals surface area contributed by atoms with E-state index >= 15 is 0 Å². The molecule has 0 spiro atoms. The van der Waals surface area contributed by atoms with E-state index in [9.17, 15) is 9.18 Å². The first-order chi connectivity index (χ1) is 16.1. The van der Waals surface area contributed by atoms with Gasteiger partial charge in [0, 0.05) is 18.2 Å². The van der Waals surface area contributed by atoms with Crippen molar-refractivity contribution in [2.75, 3.05) is 23.8 Å². The molecule has 0 aliphatic carbocycles. The molecular formula is C25H29FN6OS. The summed E-state index contributed by atoms with van der Waals surface area (Å²) in [6.07, 6.45) is 0. The van der Waals surface area contributed by atoms with Crippen LogP contribution in [0.1, 0.15) is 39.3 Å². The fraction of sp³-hybridized carbons (Fsp3) is 0.320. The number of imidazole rings is 1. The van der Waals surface area contributed by atoms with Crippen molar-refractivity contribution >= 4 is 33.2 Å². The molecule has 34 heavy (non-hydrogen) atoms. The van der Waals surface area contributed by atoms with Gasteiger partial charge >= 0.3 is 0 Å². The Morgan fingerprint density at radius 3 is 2.59 bits per heavy atom. The summed E-state index contributed by atoms with van der Waals surface area (Å²) in [7, 11) is 1.83. The van der Waals surface area contributed by atoms with Crippen molar-refractivity contribution in [1.29, 1.82) is 0 Å². The summed E-state index contributed by atoms with van der Waals surface area (Å²) in [5.41, 5.74) is 2.10. The molecule has 2 heterocycles. The molecule has 2 N–H and O–H groups in total. The van der Waals surface area contributed by atoms with Gasteiger partial charge in [-0.05, 0) is 45.4 Å². The minimum atomic E-state index is -0.320. The number of aromatic nitrogens is 3. The smallest absolute Gasteiger partial charge is 0.240 e. The zero-order valence-electron chi connectivity index (χ0n) is 20.0. The van der Waals surface area contributed by atoms with Gasteiger partial charge in [0.25, 0.3) is 0 Å². The van der Waals surface area contributed by atoms with Crippen LogP contribution in [0.2, 0.25) is 0 Å². The van der Waals surface area contributed by atoms with Crippen molar-refractivity contribution in [1.82, 2.24) is 19.9 Å². The van der Waals surface area contributed by atoms with Gasteiger partial charge in [0.15, 0.2) is 5.82 Å². The number of nitrogens with zero attached hydrogens (tertiary/aromatic N) is 4. The van der Waals surface area contributed by atoms with E-state index in [-0.39, 0.29) is 29.8 Å². The predicted octanol–water partition coefficient (Wildman–Crippen LogP) is 5.12. The number of likely N-dealkylation sites (N-methyl/N-ethyl adjacent to an activating group) is 1. The van der Waals surface area contributed by atoms with Crippen LogP contribution in [0.5, 0.6) is 0 Å². The van der Waals surface area contributed by atoms with E-state index in [2.05, 4.69) is 10.6 Å². The molecule has 4 rings (SSSR count). The minimum absolute atomic E-state index is 0.0906. The Morgan fingerprint density at radius 2 is 1.91 bits per heavy atom. The minimum Gasteiger partial charge on any atom is -0.364 e. The lowest BCUT2D eigenvalue weighted by molar-refractivity contribution is -0.120. The molecule has 9 heteroatoms. The number of hydrogen-bond donors (Lipinski definition) is 2. The van der Waals surface area contributed by atoms with E-state index in [1.54, 1.807) is 15.5 Å². The molecule has 1 amide bonds. The van der Waals surface area contributed by atoms with E-state index in [1.165, 1.54) is 23.5 Å². The second kappa shape index (κ2) is 9.42. The molecule has 1 atom stereocenters. The number of fused-ring (bicyclic) bond motifs is 1. The fourth-order valence-corrected chi connectivity index (χ4v) is 4.45. The lowest BCUT2D eigenvalue weighted by Gasteiger charge is -2.22. The van der Waals surface area contributed by atoms with E-state index in [0.717, 1.165) is 5.56 Å². The van der Waals surface area contributed by atoms with Crippen LogP contribution in [0.4, 0.5) is 15.3 Å². The molecule has 0 aliphatic heterocycles. The van der Waals surface area contributed by atoms with Gasteiger partial charge in [0.1, 0.15) is 11.5 Å². The highest BCUT2D eigenvalue weighted by Gasteiger charge is 2.23. The summed E-state index contributed by atoms with van der Waals surface area (Å²) in [5, 5.41) is 11.9. The molecule has 0 fully saturated rings. The van der Waals surface area contributed by atoms with Crippen molar-refractivity contribution in [2.45, 2.75) is 39.3 Å². The summed E-state index contributed by atoms with van der Waals surface area (Å²) in [6.45, 7) is 8.24. The van der Waals surface area contributed by atoms with Crippen LogP contribution in [0, 0.1) is 5.82 Å². The third-order valence-electron chi connectivity index (χ3n) is 5.17. The molecular weight excluding hydrogens is 451 g/mol. The normalized spacial score (nSPS) is 12.5. The molecule has 4 aromatic rings. The number of carbonyl (C=O) groups is 1. The first-order valence-electron chi connectivity index (χ1n) is 11.1. The third kappa shape index (κ3) is 5.36. The Labute approximate surface area is 202 Å². The molecule has 0 saturated heterocycles. The predicted molar refractivity (Wildman–Crippen MR) is 136 cm³/mol. The molecule has 178 valence electrons. The molecule has 7 nitrogen and oxygen atoms in total. The number of carbonyl (C=O) groups excluding carboxylic acids is 1. The zero-order valence-corrected chi connectivity index (χ0v) is 20.8. The summed E-state index contributed by atoms with van der Waals surface area (Å²) >= 11 is 1.38. The summed E-state index contributed by atoms with van der Waals surface area (Å²) in [6, 6.07) is 16.1. The van der Waals surface area contributed by atoms with Crippen LogP contribution in [0.3, 0.4) is 0 Å². The van der Waals surface area contributed by atoms with Crippen molar-refractivity contribution in [3.63, 3.8) is 0 Å². The average molecular weight is 481 g/mol. The third-order valence-corrected chi connectivity index (χ3v) is 6.19. The quantitative estimate of drug-likeness (QED) is 0.384. The molecule has 0 bridgehead atoms. The fourth-order valence-electron chi connectivity index (χ4n) is 3.59. The number of nitrogens with one attached hydrogen (secondary N) is 2. The second-order valence-corrected chi connectivity index (χ2v) is 10.3. The van der Waals surface area contributed by atoms with Crippen LogP contribution in [-0.2, 0) is 4.79 Å². The lowest BCUT2D eigenvalue weighted by atomic mass is 10.1. The highest BCUT2D eigenvalue weighted by Crippen LogP contribution is 2.34. The van der Waals surface area contributed by atoms with Crippen LogP contribution in [0.15, 0.2) is 54.6 Å². The monoisotopic (exact) mass is 480 g/mol. The van der Waals surface area contributed by atoms with E-state index in [4.69, 9.17) is 10.1 Å².